The zero-order valence-corrected chi connectivity index (χ0v) is 17.2. The van der Waals surface area contributed by atoms with E-state index in [9.17, 15) is 18.0 Å². The van der Waals surface area contributed by atoms with E-state index in [4.69, 9.17) is 11.6 Å². The van der Waals surface area contributed by atoms with Gasteiger partial charge in [-0.25, -0.2) is 9.98 Å². The molecule has 29 heavy (non-hydrogen) atoms. The van der Waals surface area contributed by atoms with Crippen LogP contribution in [-0.4, -0.2) is 55.6 Å². The van der Waals surface area contributed by atoms with Crippen molar-refractivity contribution in [3.8, 4) is 0 Å². The highest BCUT2D eigenvalue weighted by Gasteiger charge is 2.33. The Kier molecular flexibility index (Phi) is 8.36. The molecule has 1 fully saturated rings. The summed E-state index contributed by atoms with van der Waals surface area (Å²) < 4.78 is 38.3. The molecule has 3 N–H and O–H groups in total. The molecule has 0 aromatic carbocycles. The van der Waals surface area contributed by atoms with Crippen molar-refractivity contribution >= 4 is 29.3 Å². The number of alkyl halides is 3. The Morgan fingerprint density at radius 3 is 2.76 bits per heavy atom. The molecule has 7 nitrogen and oxygen atoms in total. The summed E-state index contributed by atoms with van der Waals surface area (Å²) in [5.41, 5.74) is -0.872. The molecule has 1 amide bonds. The maximum atomic E-state index is 12.8. The van der Waals surface area contributed by atoms with Crippen molar-refractivity contribution in [3.05, 3.63) is 22.8 Å². The predicted molar refractivity (Wildman–Crippen MR) is 107 cm³/mol. The lowest BCUT2D eigenvalue weighted by Gasteiger charge is -2.21. The van der Waals surface area contributed by atoms with Gasteiger partial charge < -0.3 is 20.9 Å². The molecule has 0 bridgehead atoms. The number of pyridine rings is 1. The average Bonchev–Trinajstić information content (AvgIpc) is 3.12. The zero-order chi connectivity index (χ0) is 21.4. The van der Waals surface area contributed by atoms with E-state index in [0.29, 0.717) is 38.0 Å². The highest BCUT2D eigenvalue weighted by Crippen LogP contribution is 2.34. The molecule has 2 rings (SSSR count). The Morgan fingerprint density at radius 2 is 2.14 bits per heavy atom. The Balaban J connectivity index is 1.97. The number of carbonyl (C=O) groups excluding carboxylic acids is 1. The molecule has 11 heteroatoms. The third-order valence-electron chi connectivity index (χ3n) is 4.27. The minimum absolute atomic E-state index is 0.00772. The number of aromatic nitrogens is 1. The van der Waals surface area contributed by atoms with Crippen LogP contribution in [0.15, 0.2) is 17.3 Å². The SMILES string of the molecule is CCCNC(=O)CN=C(NCC)NC1CCN(c2ncc(C(F)(F)F)cc2Cl)C1. The highest BCUT2D eigenvalue weighted by atomic mass is 35.5. The van der Waals surface area contributed by atoms with E-state index in [-0.39, 0.29) is 23.5 Å². The molecule has 0 saturated carbocycles. The number of rotatable bonds is 7. The zero-order valence-electron chi connectivity index (χ0n) is 16.4. The summed E-state index contributed by atoms with van der Waals surface area (Å²) in [6.07, 6.45) is -2.11. The van der Waals surface area contributed by atoms with Crippen LogP contribution in [0.3, 0.4) is 0 Å². The van der Waals surface area contributed by atoms with Gasteiger partial charge in [-0.3, -0.25) is 4.79 Å². The summed E-state index contributed by atoms with van der Waals surface area (Å²) in [7, 11) is 0. The molecule has 1 aliphatic heterocycles. The summed E-state index contributed by atoms with van der Waals surface area (Å²) in [6, 6.07) is 0.886. The number of guanidine groups is 1. The van der Waals surface area contributed by atoms with E-state index in [0.717, 1.165) is 25.1 Å². The van der Waals surface area contributed by atoms with Gasteiger partial charge in [-0.15, -0.1) is 0 Å². The first kappa shape index (κ1) is 23.1. The van der Waals surface area contributed by atoms with Crippen molar-refractivity contribution in [3.63, 3.8) is 0 Å². The third-order valence-corrected chi connectivity index (χ3v) is 4.55. The van der Waals surface area contributed by atoms with E-state index >= 15 is 0 Å². The van der Waals surface area contributed by atoms with Crippen LogP contribution < -0.4 is 20.9 Å². The Hall–Kier alpha value is -2.23. The van der Waals surface area contributed by atoms with Crippen LogP contribution in [0.25, 0.3) is 0 Å². The van der Waals surface area contributed by atoms with Gasteiger partial charge in [-0.2, -0.15) is 13.2 Å². The predicted octanol–water partition coefficient (Wildman–Crippen LogP) is 2.41. The smallest absolute Gasteiger partial charge is 0.357 e. The van der Waals surface area contributed by atoms with Crippen LogP contribution in [0.2, 0.25) is 5.02 Å². The summed E-state index contributed by atoms with van der Waals surface area (Å²) in [4.78, 5) is 21.8. The fourth-order valence-electron chi connectivity index (χ4n) is 2.87. The van der Waals surface area contributed by atoms with Gasteiger partial charge in [0.2, 0.25) is 5.91 Å². The lowest BCUT2D eigenvalue weighted by atomic mass is 10.2. The van der Waals surface area contributed by atoms with E-state index < -0.39 is 11.7 Å². The molecule has 0 radical (unpaired) electrons. The van der Waals surface area contributed by atoms with Gasteiger partial charge in [0.05, 0.1) is 10.6 Å². The molecule has 1 atom stereocenters. The second kappa shape index (κ2) is 10.5. The summed E-state index contributed by atoms with van der Waals surface area (Å²) in [5.74, 6) is 0.681. The summed E-state index contributed by atoms with van der Waals surface area (Å²) >= 11 is 6.04. The fourth-order valence-corrected chi connectivity index (χ4v) is 3.16. The molecular weight excluding hydrogens is 409 g/mol. The van der Waals surface area contributed by atoms with Crippen molar-refractivity contribution in [2.45, 2.75) is 38.9 Å². The normalized spacial score (nSPS) is 17.4. The molecule has 1 unspecified atom stereocenters. The number of hydrogen-bond acceptors (Lipinski definition) is 4. The van der Waals surface area contributed by atoms with E-state index in [1.165, 1.54) is 0 Å². The lowest BCUT2D eigenvalue weighted by molar-refractivity contribution is -0.137. The number of aliphatic imine (C=N–C) groups is 1. The third kappa shape index (κ3) is 6.95. The van der Waals surface area contributed by atoms with Gasteiger partial charge in [0.25, 0.3) is 0 Å². The monoisotopic (exact) mass is 434 g/mol. The summed E-state index contributed by atoms with van der Waals surface area (Å²) in [6.45, 7) is 6.23. The van der Waals surface area contributed by atoms with Gasteiger partial charge in [0.1, 0.15) is 12.4 Å². The van der Waals surface area contributed by atoms with Crippen molar-refractivity contribution in [2.24, 2.45) is 4.99 Å². The molecule has 1 aliphatic rings. The standard InChI is InChI=1S/C18H26ClF3N6O/c1-3-6-24-15(29)10-26-17(23-4-2)27-13-5-7-28(11-13)16-14(19)8-12(9-25-16)18(20,21)22/h8-9,13H,3-7,10-11H2,1-2H3,(H,24,29)(H2,23,26,27). The second-order valence-electron chi connectivity index (χ2n) is 6.65. The summed E-state index contributed by atoms with van der Waals surface area (Å²) in [5, 5.41) is 9.06. The first-order chi connectivity index (χ1) is 13.7. The number of nitrogens with zero attached hydrogens (tertiary/aromatic N) is 3. The average molecular weight is 435 g/mol. The van der Waals surface area contributed by atoms with Crippen molar-refractivity contribution in [2.75, 3.05) is 37.6 Å². The lowest BCUT2D eigenvalue weighted by Crippen LogP contribution is -2.45. The van der Waals surface area contributed by atoms with Crippen LogP contribution in [0.5, 0.6) is 0 Å². The van der Waals surface area contributed by atoms with Crippen molar-refractivity contribution in [1.29, 1.82) is 0 Å². The quantitative estimate of drug-likeness (QED) is 0.453. The molecule has 1 aromatic heterocycles. The number of anilines is 1. The van der Waals surface area contributed by atoms with Crippen molar-refractivity contribution < 1.29 is 18.0 Å². The largest absolute Gasteiger partial charge is 0.417 e. The molecule has 1 aromatic rings. The maximum Gasteiger partial charge on any atom is 0.417 e. The molecule has 2 heterocycles. The van der Waals surface area contributed by atoms with Gasteiger partial charge in [-0.1, -0.05) is 18.5 Å². The number of amides is 1. The topological polar surface area (TPSA) is 81.6 Å². The molecule has 162 valence electrons. The number of hydrogen-bond donors (Lipinski definition) is 3. The molecule has 0 spiro atoms. The van der Waals surface area contributed by atoms with Gasteiger partial charge in [0.15, 0.2) is 5.96 Å². The van der Waals surface area contributed by atoms with Gasteiger partial charge in [-0.05, 0) is 25.8 Å². The minimum Gasteiger partial charge on any atom is -0.357 e. The van der Waals surface area contributed by atoms with Crippen LogP contribution in [0.1, 0.15) is 32.3 Å². The fraction of sp³-hybridized carbons (Fsp3) is 0.611. The van der Waals surface area contributed by atoms with E-state index in [1.807, 2.05) is 18.7 Å². The number of halogens is 4. The Labute approximate surface area is 173 Å². The maximum absolute atomic E-state index is 12.8. The minimum atomic E-state index is -4.48. The van der Waals surface area contributed by atoms with Gasteiger partial charge >= 0.3 is 6.18 Å². The van der Waals surface area contributed by atoms with Crippen LogP contribution >= 0.6 is 11.6 Å². The van der Waals surface area contributed by atoms with Crippen LogP contribution in [0.4, 0.5) is 19.0 Å². The van der Waals surface area contributed by atoms with Crippen LogP contribution in [0, 0.1) is 0 Å². The number of nitrogens with one attached hydrogen (secondary N) is 3. The first-order valence-electron chi connectivity index (χ1n) is 9.53. The highest BCUT2D eigenvalue weighted by molar-refractivity contribution is 6.33. The van der Waals surface area contributed by atoms with Gasteiger partial charge in [0, 0.05) is 38.4 Å². The Morgan fingerprint density at radius 1 is 1.38 bits per heavy atom. The first-order valence-corrected chi connectivity index (χ1v) is 9.91. The number of carbonyl (C=O) groups is 1. The van der Waals surface area contributed by atoms with E-state index in [1.54, 1.807) is 0 Å². The Bertz CT molecular complexity index is 728. The molecule has 1 saturated heterocycles. The van der Waals surface area contributed by atoms with Crippen LogP contribution in [-0.2, 0) is 11.0 Å². The van der Waals surface area contributed by atoms with Crippen molar-refractivity contribution in [1.82, 2.24) is 20.9 Å². The second-order valence-corrected chi connectivity index (χ2v) is 7.06. The van der Waals surface area contributed by atoms with E-state index in [2.05, 4.69) is 25.9 Å². The molecular formula is C18H26ClF3N6O. The molecule has 0 aliphatic carbocycles.